The maximum Gasteiger partial charge on any atom is 3.00 e. The van der Waals surface area contributed by atoms with Crippen LogP contribution < -0.4 is 0 Å². The van der Waals surface area contributed by atoms with Crippen LogP contribution in [0.3, 0.4) is 0 Å². The first-order valence-electron chi connectivity index (χ1n) is 16.8. The monoisotopic (exact) mass is 753 g/mol. The zero-order chi connectivity index (χ0) is 25.6. The zero-order valence-corrected chi connectivity index (χ0v) is 34.3. The molecule has 0 aromatic rings. The number of hydrogen-bond acceptors (Lipinski definition) is 0. The molecule has 2 aliphatic heterocycles. The topological polar surface area (TPSA) is 0 Å². The first-order chi connectivity index (χ1) is 17.7. The van der Waals surface area contributed by atoms with E-state index in [0.29, 0.717) is 0 Å². The normalized spacial score (nSPS) is 29.0. The summed E-state index contributed by atoms with van der Waals surface area (Å²) in [4.78, 5) is 0. The molecule has 4 heteroatoms. The van der Waals surface area contributed by atoms with E-state index in [1.807, 2.05) is 0 Å². The minimum atomic E-state index is 0. The molecule has 0 bridgehead atoms. The van der Waals surface area contributed by atoms with E-state index >= 15 is 0 Å². The fraction of sp³-hybridized carbons (Fsp3) is 0.789. The Bertz CT molecular complexity index is 537. The molecule has 2 heterocycles. The van der Waals surface area contributed by atoms with Gasteiger partial charge < -0.3 is 29.7 Å². The smallest absolute Gasteiger partial charge is 0.358 e. The maximum absolute atomic E-state index is 2.43. The Hall–Kier alpha value is 1.48. The maximum atomic E-state index is 2.43. The second kappa shape index (κ2) is 29.9. The van der Waals surface area contributed by atoms with E-state index in [9.17, 15) is 0 Å². The van der Waals surface area contributed by atoms with Crippen molar-refractivity contribution in [2.45, 2.75) is 190 Å². The number of rotatable bonds is 6. The molecule has 0 nitrogen and oxygen atoms in total. The summed E-state index contributed by atoms with van der Waals surface area (Å²) in [6.45, 7) is 9.73. The van der Waals surface area contributed by atoms with Crippen LogP contribution in [-0.4, -0.2) is 34.0 Å². The predicted molar refractivity (Wildman–Crippen MR) is 198 cm³/mol. The first-order valence-corrected chi connectivity index (χ1v) is 20.2. The van der Waals surface area contributed by atoms with E-state index in [-0.39, 0.29) is 82.1 Å². The van der Waals surface area contributed by atoms with E-state index in [0.717, 1.165) is 0 Å². The SMILES string of the molecule is C1=C\CC/C=C\CC/1.CC[C@H]1CC[C@H](CC)[PH+]1C1CCCC1.CC[C@H]1CC[C@H](CC)[PH+]1C1CCCC1.[CH3-].[CH3-].[CH3-].[CH3-].[Fe+2].[Rh+3]. The molecule has 0 N–H and O–H groups in total. The van der Waals surface area contributed by atoms with Crippen LogP contribution in [0.5, 0.6) is 0 Å². The molecular weight excluding hydrogens is 677 g/mol. The van der Waals surface area contributed by atoms with Crippen LogP contribution in [0, 0.1) is 29.7 Å². The summed E-state index contributed by atoms with van der Waals surface area (Å²) in [5, 5.41) is 0. The fourth-order valence-corrected chi connectivity index (χ4v) is 18.6. The van der Waals surface area contributed by atoms with Crippen molar-refractivity contribution in [2.75, 3.05) is 0 Å². The summed E-state index contributed by atoms with van der Waals surface area (Å²) in [6, 6.07) is 0. The Labute approximate surface area is 294 Å². The van der Waals surface area contributed by atoms with E-state index < -0.39 is 0 Å². The van der Waals surface area contributed by atoms with E-state index in [1.165, 1.54) is 85.3 Å². The largest absolute Gasteiger partial charge is 3.00 e. The van der Waals surface area contributed by atoms with Crippen LogP contribution in [0.4, 0.5) is 0 Å². The first kappa shape index (κ1) is 50.3. The molecule has 5 aliphatic rings. The molecule has 0 unspecified atom stereocenters. The van der Waals surface area contributed by atoms with Crippen molar-refractivity contribution in [2.24, 2.45) is 0 Å². The molecule has 5 rings (SSSR count). The van der Waals surface area contributed by atoms with Gasteiger partial charge in [-0.25, -0.2) is 0 Å². The number of hydrogen-bond donors (Lipinski definition) is 0. The van der Waals surface area contributed by atoms with Gasteiger partial charge in [-0.05, 0) is 128 Å². The van der Waals surface area contributed by atoms with Gasteiger partial charge in [-0.3, -0.25) is 0 Å². The van der Waals surface area contributed by atoms with Gasteiger partial charge >= 0.3 is 36.5 Å². The van der Waals surface area contributed by atoms with Crippen LogP contribution >= 0.6 is 15.8 Å². The van der Waals surface area contributed by atoms with E-state index in [4.69, 9.17) is 0 Å². The average molecular weight is 754 g/mol. The summed E-state index contributed by atoms with van der Waals surface area (Å²) in [7, 11) is 0.0633. The zero-order valence-electron chi connectivity index (χ0n) is 29.6. The van der Waals surface area contributed by atoms with Gasteiger partial charge in [0.2, 0.25) is 0 Å². The summed E-state index contributed by atoms with van der Waals surface area (Å²) in [6.07, 6.45) is 38.9. The Morgan fingerprint density at radius 1 is 0.429 bits per heavy atom. The molecule has 2 saturated carbocycles. The molecule has 42 heavy (non-hydrogen) atoms. The molecule has 0 amide bonds. The third-order valence-electron chi connectivity index (χ3n) is 10.6. The predicted octanol–water partition coefficient (Wildman–Crippen LogP) is 13.5. The second-order valence-electron chi connectivity index (χ2n) is 12.6. The molecule has 0 aromatic carbocycles. The van der Waals surface area contributed by atoms with Gasteiger partial charge in [0.25, 0.3) is 0 Å². The Morgan fingerprint density at radius 2 is 0.643 bits per heavy atom. The van der Waals surface area contributed by atoms with Gasteiger partial charge in [-0.2, -0.15) is 0 Å². The quantitative estimate of drug-likeness (QED) is 0.110. The van der Waals surface area contributed by atoms with E-state index in [1.54, 1.807) is 77.0 Å². The van der Waals surface area contributed by atoms with Gasteiger partial charge in [-0.1, -0.05) is 52.0 Å². The van der Waals surface area contributed by atoms with Crippen LogP contribution in [0.2, 0.25) is 0 Å². The van der Waals surface area contributed by atoms with Crippen molar-refractivity contribution < 1.29 is 36.5 Å². The Balaban J connectivity index is -0.000000248. The van der Waals surface area contributed by atoms with Crippen molar-refractivity contribution in [3.05, 3.63) is 54.0 Å². The molecule has 0 spiro atoms. The van der Waals surface area contributed by atoms with Crippen molar-refractivity contribution >= 4 is 15.8 Å². The standard InChI is InChI=1S/2C13H25P.C8H12.4CH3.Fe.Rh/c2*1-3-11-9-10-12(4-2)14(11)13-7-5-6-8-13;1-2-4-6-8-7-5-3-1;;;;;;/h2*11-13H,3-10H2,1-2H3;1-2,7-8H,3-6H2;4*1H3;;/q;;;4*-1;+2;+3/p+2/b;;2-1-,8-7-;;;;;;/t2*11-,12-;;;;;;;/m00......./s1. The van der Waals surface area contributed by atoms with Gasteiger partial charge in [0.05, 0.1) is 34.0 Å². The Morgan fingerprint density at radius 3 is 0.833 bits per heavy atom. The molecule has 4 atom stereocenters. The van der Waals surface area contributed by atoms with Crippen molar-refractivity contribution in [3.63, 3.8) is 0 Å². The Kier molecular flexibility index (Phi) is 35.8. The van der Waals surface area contributed by atoms with Crippen molar-refractivity contribution in [3.8, 4) is 0 Å². The summed E-state index contributed by atoms with van der Waals surface area (Å²) >= 11 is 0. The third-order valence-corrected chi connectivity index (χ3v) is 20.2. The van der Waals surface area contributed by atoms with E-state index in [2.05, 4.69) is 52.0 Å². The van der Waals surface area contributed by atoms with Crippen LogP contribution in [0.1, 0.15) is 156 Å². The van der Waals surface area contributed by atoms with Gasteiger partial charge in [0.15, 0.2) is 0 Å². The fourth-order valence-electron chi connectivity index (χ4n) is 8.61. The van der Waals surface area contributed by atoms with Crippen LogP contribution in [-0.2, 0) is 36.5 Å². The van der Waals surface area contributed by atoms with Gasteiger partial charge in [0, 0.05) is 15.8 Å². The van der Waals surface area contributed by atoms with Crippen molar-refractivity contribution in [1.29, 1.82) is 0 Å². The number of allylic oxidation sites excluding steroid dienone is 4. The summed E-state index contributed by atoms with van der Waals surface area (Å²) in [5.41, 5.74) is 7.19. The molecule has 3 aliphatic carbocycles. The third kappa shape index (κ3) is 15.9. The minimum absolute atomic E-state index is 0. The molecule has 0 aromatic heterocycles. The second-order valence-corrected chi connectivity index (χ2v) is 19.5. The van der Waals surface area contributed by atoms with Crippen molar-refractivity contribution in [1.82, 2.24) is 0 Å². The molecular formula is C38H76FeP2Rh+3. The van der Waals surface area contributed by atoms with Gasteiger partial charge in [0.1, 0.15) is 0 Å². The summed E-state index contributed by atoms with van der Waals surface area (Å²) in [5.74, 6) is 0. The van der Waals surface area contributed by atoms with Gasteiger partial charge in [-0.15, -0.1) is 0 Å². The van der Waals surface area contributed by atoms with Crippen LogP contribution in [0.25, 0.3) is 0 Å². The molecule has 252 valence electrons. The molecule has 2 saturated heterocycles. The molecule has 0 radical (unpaired) electrons. The van der Waals surface area contributed by atoms with Crippen LogP contribution in [0.15, 0.2) is 24.3 Å². The average Bonchev–Trinajstić information content (AvgIpc) is 3.69. The molecule has 4 fully saturated rings. The summed E-state index contributed by atoms with van der Waals surface area (Å²) < 4.78 is 0. The minimum Gasteiger partial charge on any atom is -0.358 e.